The molecule has 120 valence electrons. The van der Waals surface area contributed by atoms with E-state index < -0.39 is 6.04 Å². The molecule has 0 radical (unpaired) electrons. The van der Waals surface area contributed by atoms with E-state index in [1.54, 1.807) is 6.92 Å². The molecule has 2 atom stereocenters. The van der Waals surface area contributed by atoms with E-state index >= 15 is 0 Å². The molecular weight excluding hydrogens is 266 g/mol. The number of rotatable bonds is 5. The normalized spacial score (nSPS) is 25.1. The number of amides is 2. The van der Waals surface area contributed by atoms with Gasteiger partial charge in [-0.2, -0.15) is 0 Å². The lowest BCUT2D eigenvalue weighted by molar-refractivity contribution is -0.129. The van der Waals surface area contributed by atoms with Gasteiger partial charge in [-0.15, -0.1) is 0 Å². The zero-order chi connectivity index (χ0) is 15.1. The van der Waals surface area contributed by atoms with Crippen LogP contribution in [0.15, 0.2) is 0 Å². The lowest BCUT2D eigenvalue weighted by Gasteiger charge is -2.26. The quantitative estimate of drug-likeness (QED) is 0.716. The highest BCUT2D eigenvalue weighted by molar-refractivity contribution is 5.87. The summed E-state index contributed by atoms with van der Waals surface area (Å²) in [4.78, 5) is 24.1. The summed E-state index contributed by atoms with van der Waals surface area (Å²) in [5.41, 5.74) is 0. The van der Waals surface area contributed by atoms with Crippen LogP contribution in [0.4, 0.5) is 0 Å². The van der Waals surface area contributed by atoms with E-state index in [4.69, 9.17) is 0 Å². The van der Waals surface area contributed by atoms with Gasteiger partial charge in [0.1, 0.15) is 6.04 Å². The lowest BCUT2D eigenvalue weighted by atomic mass is 9.87. The molecule has 1 aliphatic carbocycles. The van der Waals surface area contributed by atoms with Crippen LogP contribution in [0.2, 0.25) is 0 Å². The second kappa shape index (κ2) is 8.37. The first-order chi connectivity index (χ1) is 10.1. The molecule has 0 aromatic rings. The predicted octanol–water partition coefficient (Wildman–Crippen LogP) is 1.33. The average Bonchev–Trinajstić information content (AvgIpc) is 2.49. The molecular formula is C16H29N3O2. The summed E-state index contributed by atoms with van der Waals surface area (Å²) < 4.78 is 0. The van der Waals surface area contributed by atoms with Gasteiger partial charge in [0.15, 0.2) is 0 Å². The highest BCUT2D eigenvalue weighted by Gasteiger charge is 2.22. The van der Waals surface area contributed by atoms with Gasteiger partial charge in [-0.1, -0.05) is 19.3 Å². The highest BCUT2D eigenvalue weighted by Crippen LogP contribution is 2.26. The minimum absolute atomic E-state index is 0.0197. The van der Waals surface area contributed by atoms with Crippen LogP contribution in [0.5, 0.6) is 0 Å². The monoisotopic (exact) mass is 295 g/mol. The molecule has 3 N–H and O–H groups in total. The second-order valence-electron chi connectivity index (χ2n) is 6.55. The van der Waals surface area contributed by atoms with Crippen molar-refractivity contribution in [2.24, 2.45) is 5.92 Å². The van der Waals surface area contributed by atoms with Gasteiger partial charge in [0.2, 0.25) is 11.8 Å². The van der Waals surface area contributed by atoms with Crippen molar-refractivity contribution in [1.29, 1.82) is 0 Å². The Balaban J connectivity index is 1.67. The van der Waals surface area contributed by atoms with Gasteiger partial charge in [0.05, 0.1) is 0 Å². The molecule has 0 bridgehead atoms. The first-order valence-electron chi connectivity index (χ1n) is 8.45. The summed E-state index contributed by atoms with van der Waals surface area (Å²) >= 11 is 0. The minimum atomic E-state index is -0.442. The van der Waals surface area contributed by atoms with Crippen molar-refractivity contribution in [1.82, 2.24) is 16.0 Å². The van der Waals surface area contributed by atoms with Gasteiger partial charge in [-0.25, -0.2) is 0 Å². The van der Waals surface area contributed by atoms with Gasteiger partial charge in [0.25, 0.3) is 0 Å². The Labute approximate surface area is 127 Å². The third-order valence-corrected chi connectivity index (χ3v) is 4.61. The summed E-state index contributed by atoms with van der Waals surface area (Å²) in [5.74, 6) is 0.462. The van der Waals surface area contributed by atoms with Crippen LogP contribution in [-0.2, 0) is 9.59 Å². The van der Waals surface area contributed by atoms with E-state index in [9.17, 15) is 9.59 Å². The lowest BCUT2D eigenvalue weighted by Crippen LogP contribution is -2.52. The molecule has 1 aliphatic heterocycles. The molecule has 1 heterocycles. The Morgan fingerprint density at radius 2 is 1.90 bits per heavy atom. The van der Waals surface area contributed by atoms with Crippen LogP contribution in [0.25, 0.3) is 0 Å². The fourth-order valence-corrected chi connectivity index (χ4v) is 3.32. The molecule has 2 rings (SSSR count). The molecule has 1 saturated carbocycles. The van der Waals surface area contributed by atoms with E-state index in [0.29, 0.717) is 12.3 Å². The zero-order valence-corrected chi connectivity index (χ0v) is 13.1. The van der Waals surface area contributed by atoms with Crippen LogP contribution >= 0.6 is 0 Å². The van der Waals surface area contributed by atoms with Crippen LogP contribution in [0, 0.1) is 5.92 Å². The summed E-state index contributed by atoms with van der Waals surface area (Å²) in [6, 6.07) is -0.244. The van der Waals surface area contributed by atoms with Gasteiger partial charge >= 0.3 is 0 Å². The Kier molecular flexibility index (Phi) is 6.49. The fourth-order valence-electron chi connectivity index (χ4n) is 3.32. The van der Waals surface area contributed by atoms with Gasteiger partial charge in [-0.3, -0.25) is 9.59 Å². The van der Waals surface area contributed by atoms with Crippen LogP contribution in [0.3, 0.4) is 0 Å². The van der Waals surface area contributed by atoms with Gasteiger partial charge in [-0.05, 0) is 45.1 Å². The molecule has 0 aromatic carbocycles. The number of piperidine rings is 1. The molecule has 0 spiro atoms. The van der Waals surface area contributed by atoms with Crippen molar-refractivity contribution >= 4 is 11.8 Å². The fraction of sp³-hybridized carbons (Fsp3) is 0.875. The van der Waals surface area contributed by atoms with Gasteiger partial charge in [0, 0.05) is 19.0 Å². The van der Waals surface area contributed by atoms with Crippen molar-refractivity contribution in [3.8, 4) is 0 Å². The van der Waals surface area contributed by atoms with E-state index in [1.807, 2.05) is 0 Å². The summed E-state index contributed by atoms with van der Waals surface area (Å²) in [7, 11) is 0. The maximum atomic E-state index is 12.1. The standard InChI is InChI=1S/C16H29N3O2/c1-12(16(21)19-14-8-5-9-17-11-14)18-15(20)10-13-6-3-2-4-7-13/h12-14,17H,2-11H2,1H3,(H,18,20)(H,19,21)/t12?,14-/m0/s1. The van der Waals surface area contributed by atoms with Gasteiger partial charge < -0.3 is 16.0 Å². The average molecular weight is 295 g/mol. The van der Waals surface area contributed by atoms with Crippen LogP contribution < -0.4 is 16.0 Å². The maximum absolute atomic E-state index is 12.1. The molecule has 21 heavy (non-hydrogen) atoms. The van der Waals surface area contributed by atoms with E-state index in [2.05, 4.69) is 16.0 Å². The molecule has 2 fully saturated rings. The smallest absolute Gasteiger partial charge is 0.242 e. The van der Waals surface area contributed by atoms with Crippen LogP contribution in [0.1, 0.15) is 58.3 Å². The molecule has 0 aromatic heterocycles. The molecule has 5 nitrogen and oxygen atoms in total. The Hall–Kier alpha value is -1.10. The van der Waals surface area contributed by atoms with E-state index in [0.717, 1.165) is 38.8 Å². The van der Waals surface area contributed by atoms with Crippen molar-refractivity contribution in [3.05, 3.63) is 0 Å². The maximum Gasteiger partial charge on any atom is 0.242 e. The minimum Gasteiger partial charge on any atom is -0.350 e. The zero-order valence-electron chi connectivity index (χ0n) is 13.1. The molecule has 1 saturated heterocycles. The first kappa shape index (κ1) is 16.3. The number of nitrogens with one attached hydrogen (secondary N) is 3. The van der Waals surface area contributed by atoms with Crippen molar-refractivity contribution < 1.29 is 9.59 Å². The van der Waals surface area contributed by atoms with Crippen LogP contribution in [-0.4, -0.2) is 37.0 Å². The third-order valence-electron chi connectivity index (χ3n) is 4.61. The molecule has 2 aliphatic rings. The van der Waals surface area contributed by atoms with Crippen molar-refractivity contribution in [2.75, 3.05) is 13.1 Å². The number of carbonyl (C=O) groups is 2. The SMILES string of the molecule is CC(NC(=O)CC1CCCCC1)C(=O)N[C@H]1CCCNC1. The summed E-state index contributed by atoms with van der Waals surface area (Å²) in [5, 5.41) is 9.13. The first-order valence-corrected chi connectivity index (χ1v) is 8.45. The third kappa shape index (κ3) is 5.65. The largest absolute Gasteiger partial charge is 0.350 e. The molecule has 1 unspecified atom stereocenters. The number of hydrogen-bond acceptors (Lipinski definition) is 3. The summed E-state index contributed by atoms with van der Waals surface area (Å²) in [6.07, 6.45) is 8.76. The highest BCUT2D eigenvalue weighted by atomic mass is 16.2. The Bertz CT molecular complexity index is 347. The summed E-state index contributed by atoms with van der Waals surface area (Å²) in [6.45, 7) is 3.62. The number of carbonyl (C=O) groups excluding carboxylic acids is 2. The van der Waals surface area contributed by atoms with E-state index in [1.165, 1.54) is 19.3 Å². The topological polar surface area (TPSA) is 70.2 Å². The van der Waals surface area contributed by atoms with Crippen molar-refractivity contribution in [2.45, 2.75) is 70.4 Å². The second-order valence-corrected chi connectivity index (χ2v) is 6.55. The predicted molar refractivity (Wildman–Crippen MR) is 82.8 cm³/mol. The molecule has 2 amide bonds. The number of hydrogen-bond donors (Lipinski definition) is 3. The Morgan fingerprint density at radius 3 is 2.57 bits per heavy atom. The Morgan fingerprint density at radius 1 is 1.14 bits per heavy atom. The van der Waals surface area contributed by atoms with E-state index in [-0.39, 0.29) is 17.9 Å². The molecule has 5 heteroatoms. The van der Waals surface area contributed by atoms with Crippen molar-refractivity contribution in [3.63, 3.8) is 0 Å².